The zero-order chi connectivity index (χ0) is 20.1. The maximum Gasteiger partial charge on any atom is 0.335 e. The van der Waals surface area contributed by atoms with Crippen molar-refractivity contribution in [3.8, 4) is 0 Å². The van der Waals surface area contributed by atoms with Crippen molar-refractivity contribution in [1.29, 1.82) is 0 Å². The molecule has 2 aromatic carbocycles. The molecule has 1 aliphatic heterocycles. The molecule has 4 rings (SSSR count). The lowest BCUT2D eigenvalue weighted by Gasteiger charge is -2.37. The zero-order valence-electron chi connectivity index (χ0n) is 14.5. The number of carboxylic acids is 2. The number of aromatic nitrogens is 1. The van der Waals surface area contributed by atoms with Crippen LogP contribution in [0.15, 0.2) is 36.4 Å². The van der Waals surface area contributed by atoms with Crippen LogP contribution in [-0.4, -0.2) is 33.7 Å². The van der Waals surface area contributed by atoms with E-state index in [1.807, 2.05) is 0 Å². The highest BCUT2D eigenvalue weighted by atomic mass is 19.1. The van der Waals surface area contributed by atoms with E-state index in [0.29, 0.717) is 11.1 Å². The first-order valence-corrected chi connectivity index (χ1v) is 8.52. The summed E-state index contributed by atoms with van der Waals surface area (Å²) in [5.41, 5.74) is -0.432. The fourth-order valence-electron chi connectivity index (χ4n) is 3.85. The minimum Gasteiger partial charge on any atom is -0.481 e. The molecule has 1 aromatic heterocycles. The van der Waals surface area contributed by atoms with Gasteiger partial charge in [0.25, 0.3) is 0 Å². The van der Waals surface area contributed by atoms with E-state index in [9.17, 15) is 23.5 Å². The fraction of sp³-hybridized carbons (Fsp3) is 0.200. The van der Waals surface area contributed by atoms with Gasteiger partial charge in [0.2, 0.25) is 0 Å². The van der Waals surface area contributed by atoms with Crippen LogP contribution in [0.1, 0.15) is 33.6 Å². The van der Waals surface area contributed by atoms with Gasteiger partial charge >= 0.3 is 11.9 Å². The molecule has 3 N–H and O–H groups in total. The number of fused-ring (bicyclic) bond motifs is 3. The Morgan fingerprint density at radius 2 is 1.75 bits per heavy atom. The van der Waals surface area contributed by atoms with Crippen LogP contribution in [0.5, 0.6) is 0 Å². The number of rotatable bonds is 4. The first-order chi connectivity index (χ1) is 13.3. The van der Waals surface area contributed by atoms with Crippen LogP contribution >= 0.6 is 0 Å². The normalized spacial score (nSPS) is 18.8. The zero-order valence-corrected chi connectivity index (χ0v) is 14.5. The topological polar surface area (TPSA) is 99.6 Å². The Hall–Kier alpha value is -3.26. The van der Waals surface area contributed by atoms with Gasteiger partial charge in [0.15, 0.2) is 0 Å². The maximum atomic E-state index is 14.4. The summed E-state index contributed by atoms with van der Waals surface area (Å²) < 4.78 is 34.6. The molecule has 144 valence electrons. The summed E-state index contributed by atoms with van der Waals surface area (Å²) in [5, 5.41) is 18.7. The second kappa shape index (κ2) is 6.42. The van der Waals surface area contributed by atoms with Crippen molar-refractivity contribution >= 4 is 22.8 Å². The lowest BCUT2D eigenvalue weighted by Crippen LogP contribution is -2.39. The standard InChI is InChI=1S/C20H15F2NO5/c21-13-5-6-14(22)17-16(13)12-7-8-28-20(9-15(24)25,18(12)23-17)11-3-1-10(2-4-11)19(26)27/h1-6,23H,7-9H2,(H,24,25)(H,26,27). The lowest BCUT2D eigenvalue weighted by molar-refractivity contribution is -0.144. The van der Waals surface area contributed by atoms with Crippen molar-refractivity contribution in [2.75, 3.05) is 6.61 Å². The molecule has 3 aromatic rings. The summed E-state index contributed by atoms with van der Waals surface area (Å²) in [6.07, 6.45) is -0.216. The van der Waals surface area contributed by atoms with E-state index in [4.69, 9.17) is 9.84 Å². The molecule has 28 heavy (non-hydrogen) atoms. The largest absolute Gasteiger partial charge is 0.481 e. The van der Waals surface area contributed by atoms with Gasteiger partial charge in [-0.25, -0.2) is 13.6 Å². The number of H-pyrrole nitrogens is 1. The van der Waals surface area contributed by atoms with Gasteiger partial charge in [-0.05, 0) is 41.8 Å². The molecule has 2 heterocycles. The molecule has 1 unspecified atom stereocenters. The van der Waals surface area contributed by atoms with Crippen molar-refractivity contribution in [1.82, 2.24) is 4.98 Å². The number of halogens is 2. The molecule has 0 radical (unpaired) electrons. The Kier molecular flexibility index (Phi) is 4.15. The molecule has 1 aliphatic rings. The molecule has 6 nitrogen and oxygen atoms in total. The summed E-state index contributed by atoms with van der Waals surface area (Å²) in [7, 11) is 0. The summed E-state index contributed by atoms with van der Waals surface area (Å²) in [6, 6.07) is 7.62. The number of hydrogen-bond donors (Lipinski definition) is 3. The van der Waals surface area contributed by atoms with E-state index in [1.54, 1.807) is 0 Å². The van der Waals surface area contributed by atoms with Gasteiger partial charge in [-0.3, -0.25) is 4.79 Å². The molecule has 0 bridgehead atoms. The smallest absolute Gasteiger partial charge is 0.335 e. The molecule has 0 saturated carbocycles. The first kappa shape index (κ1) is 18.1. The van der Waals surface area contributed by atoms with Gasteiger partial charge in [0.1, 0.15) is 17.2 Å². The van der Waals surface area contributed by atoms with Crippen molar-refractivity contribution in [3.05, 3.63) is 70.4 Å². The Labute approximate surface area is 157 Å². The second-order valence-electron chi connectivity index (χ2n) is 6.64. The van der Waals surface area contributed by atoms with Gasteiger partial charge in [-0.15, -0.1) is 0 Å². The number of carboxylic acid groups (broad SMARTS) is 2. The van der Waals surface area contributed by atoms with E-state index in [-0.39, 0.29) is 35.2 Å². The molecular weight excluding hydrogens is 372 g/mol. The van der Waals surface area contributed by atoms with Gasteiger partial charge in [0.05, 0.1) is 29.8 Å². The third-order valence-corrected chi connectivity index (χ3v) is 5.06. The van der Waals surface area contributed by atoms with E-state index >= 15 is 0 Å². The van der Waals surface area contributed by atoms with E-state index < -0.39 is 35.6 Å². The number of hydrogen-bond acceptors (Lipinski definition) is 3. The Morgan fingerprint density at radius 1 is 1.07 bits per heavy atom. The highest BCUT2D eigenvalue weighted by Crippen LogP contribution is 2.44. The van der Waals surface area contributed by atoms with Crippen LogP contribution in [0.4, 0.5) is 8.78 Å². The third kappa shape index (κ3) is 2.65. The van der Waals surface area contributed by atoms with Crippen molar-refractivity contribution in [2.24, 2.45) is 0 Å². The Balaban J connectivity index is 1.99. The van der Waals surface area contributed by atoms with Gasteiger partial charge in [0, 0.05) is 5.39 Å². The van der Waals surface area contributed by atoms with Gasteiger partial charge in [-0.2, -0.15) is 0 Å². The predicted molar refractivity (Wildman–Crippen MR) is 94.3 cm³/mol. The molecule has 0 saturated heterocycles. The monoisotopic (exact) mass is 387 g/mol. The average Bonchev–Trinajstić information content (AvgIpc) is 3.07. The minimum atomic E-state index is -1.52. The number of aromatic amines is 1. The van der Waals surface area contributed by atoms with Crippen molar-refractivity contribution < 1.29 is 33.3 Å². The van der Waals surface area contributed by atoms with Crippen LogP contribution in [0.3, 0.4) is 0 Å². The average molecular weight is 387 g/mol. The molecule has 0 fully saturated rings. The van der Waals surface area contributed by atoms with E-state index in [1.165, 1.54) is 24.3 Å². The van der Waals surface area contributed by atoms with E-state index in [2.05, 4.69) is 4.98 Å². The van der Waals surface area contributed by atoms with Crippen LogP contribution < -0.4 is 0 Å². The summed E-state index contributed by atoms with van der Waals surface area (Å²) in [4.78, 5) is 25.6. The maximum absolute atomic E-state index is 14.4. The number of aliphatic carboxylic acids is 1. The molecule has 0 amide bonds. The first-order valence-electron chi connectivity index (χ1n) is 8.52. The summed E-state index contributed by atoms with van der Waals surface area (Å²) in [6.45, 7) is 0.101. The molecule has 1 atom stereocenters. The summed E-state index contributed by atoms with van der Waals surface area (Å²) in [5.74, 6) is -3.56. The van der Waals surface area contributed by atoms with Crippen molar-refractivity contribution in [2.45, 2.75) is 18.4 Å². The number of benzene rings is 2. The van der Waals surface area contributed by atoms with Gasteiger partial charge < -0.3 is 19.9 Å². The SMILES string of the molecule is O=C(O)CC1(c2ccc(C(=O)O)cc2)OCCc2c1[nH]c1c(F)ccc(F)c21. The highest BCUT2D eigenvalue weighted by molar-refractivity contribution is 5.88. The number of nitrogens with one attached hydrogen (secondary N) is 1. The quantitative estimate of drug-likeness (QED) is 0.637. The minimum absolute atomic E-state index is 0.0268. The number of aromatic carboxylic acids is 1. The highest BCUT2D eigenvalue weighted by Gasteiger charge is 2.44. The van der Waals surface area contributed by atoms with E-state index in [0.717, 1.165) is 12.1 Å². The second-order valence-corrected chi connectivity index (χ2v) is 6.64. The van der Waals surface area contributed by atoms with Crippen LogP contribution in [-0.2, 0) is 21.6 Å². The molecule has 8 heteroatoms. The van der Waals surface area contributed by atoms with Crippen LogP contribution in [0, 0.1) is 11.6 Å². The van der Waals surface area contributed by atoms with Crippen LogP contribution in [0.2, 0.25) is 0 Å². The Bertz CT molecular complexity index is 1110. The molecular formula is C20H15F2NO5. The number of carbonyl (C=O) groups is 2. The Morgan fingerprint density at radius 3 is 2.39 bits per heavy atom. The van der Waals surface area contributed by atoms with Gasteiger partial charge in [-0.1, -0.05) is 12.1 Å². The third-order valence-electron chi connectivity index (χ3n) is 5.06. The summed E-state index contributed by atoms with van der Waals surface area (Å²) >= 11 is 0. The fourth-order valence-corrected chi connectivity index (χ4v) is 3.85. The molecule has 0 aliphatic carbocycles. The predicted octanol–water partition coefficient (Wildman–Crippen LogP) is 3.44. The lowest BCUT2D eigenvalue weighted by atomic mass is 9.82. The number of ether oxygens (including phenoxy) is 1. The van der Waals surface area contributed by atoms with Crippen molar-refractivity contribution in [3.63, 3.8) is 0 Å². The molecule has 0 spiro atoms. The van der Waals surface area contributed by atoms with Crippen LogP contribution in [0.25, 0.3) is 10.9 Å².